The van der Waals surface area contributed by atoms with E-state index in [1.807, 2.05) is 62.6 Å². The zero-order chi connectivity index (χ0) is 43.5. The van der Waals surface area contributed by atoms with E-state index < -0.39 is 83.8 Å². The lowest BCUT2D eigenvalue weighted by Gasteiger charge is -2.50. The number of hydrogen-bond acceptors (Lipinski definition) is 14. The maximum Gasteiger partial charge on any atom is 0.311 e. The Kier molecular flexibility index (Phi) is 17.0. The van der Waals surface area contributed by atoms with Gasteiger partial charge in [-0.15, -0.1) is 0 Å². The molecule has 4 aliphatic heterocycles. The Balaban J connectivity index is 1.97. The number of esters is 1. The highest BCUT2D eigenvalue weighted by molar-refractivity contribution is 5.89. The summed E-state index contributed by atoms with van der Waals surface area (Å²) in [6, 6.07) is -0.00129. The molecule has 4 rings (SSSR count). The molecule has 0 amide bonds. The third-order valence-electron chi connectivity index (χ3n) is 13.6. The average Bonchev–Trinajstić information content (AvgIpc) is 3.17. The van der Waals surface area contributed by atoms with Crippen LogP contribution in [0.2, 0.25) is 0 Å². The molecule has 336 valence electrons. The molecular formula is C44H78N2O12. The van der Waals surface area contributed by atoms with Crippen LogP contribution in [-0.4, -0.2) is 162 Å². The fourth-order valence-electron chi connectivity index (χ4n) is 10.4. The molecule has 0 radical (unpaired) electrons. The summed E-state index contributed by atoms with van der Waals surface area (Å²) in [7, 11) is 10.8. The number of hydrogen-bond donors (Lipinski definition) is 1. The largest absolute Gasteiger partial charge is 0.459 e. The SMILES string of the molecule is C=C1CO[C@@H]2[C@@H](C)/C(=N/C)[C@H](C)C[C@@](C)(OC1)[C@H](O[C@@H]1O[C@H](C)C[C@H](N(C)C)[C@H]1OC)[C@@H](C)[C@H](O[C@H]1C[C@@](C)(OC)[C@@H](OC)[C@H](C)O1)[C@@H](C)C(=O)O[C@H](CC)[C@@]2(C)O. The van der Waals surface area contributed by atoms with Gasteiger partial charge in [0, 0.05) is 58.4 Å². The van der Waals surface area contributed by atoms with Crippen LogP contribution in [0.4, 0.5) is 0 Å². The number of cyclic esters (lactones) is 1. The van der Waals surface area contributed by atoms with Gasteiger partial charge in [0.05, 0.1) is 60.9 Å². The third-order valence-corrected chi connectivity index (χ3v) is 13.6. The van der Waals surface area contributed by atoms with Crippen molar-refractivity contribution in [3.05, 3.63) is 12.2 Å². The van der Waals surface area contributed by atoms with Crippen molar-refractivity contribution in [1.82, 2.24) is 4.90 Å². The Bertz CT molecular complexity index is 1400. The molecular weight excluding hydrogens is 748 g/mol. The topological polar surface area (TPSA) is 145 Å². The van der Waals surface area contributed by atoms with Gasteiger partial charge in [-0.05, 0) is 86.4 Å². The monoisotopic (exact) mass is 827 g/mol. The fourth-order valence-corrected chi connectivity index (χ4v) is 10.4. The van der Waals surface area contributed by atoms with Crippen LogP contribution in [0.1, 0.15) is 94.9 Å². The summed E-state index contributed by atoms with van der Waals surface area (Å²) in [5, 5.41) is 12.5. The highest BCUT2D eigenvalue weighted by Gasteiger charge is 2.55. The van der Waals surface area contributed by atoms with Crippen molar-refractivity contribution in [3.63, 3.8) is 0 Å². The molecule has 58 heavy (non-hydrogen) atoms. The smallest absolute Gasteiger partial charge is 0.311 e. The van der Waals surface area contributed by atoms with E-state index in [1.54, 1.807) is 42.2 Å². The lowest BCUT2D eigenvalue weighted by Crippen LogP contribution is -2.62. The van der Waals surface area contributed by atoms with Crippen LogP contribution in [0.3, 0.4) is 0 Å². The van der Waals surface area contributed by atoms with Crippen LogP contribution >= 0.6 is 0 Å². The molecule has 4 fully saturated rings. The number of aliphatic hydroxyl groups is 1. The summed E-state index contributed by atoms with van der Waals surface area (Å²) in [5.41, 5.74) is -1.91. The molecule has 18 atom stereocenters. The molecule has 0 aromatic heterocycles. The zero-order valence-corrected chi connectivity index (χ0v) is 38.4. The Morgan fingerprint density at radius 1 is 0.914 bits per heavy atom. The lowest BCUT2D eigenvalue weighted by molar-refractivity contribution is -0.322. The van der Waals surface area contributed by atoms with E-state index >= 15 is 0 Å². The number of methoxy groups -OCH3 is 3. The molecule has 4 saturated heterocycles. The fraction of sp³-hybridized carbons (Fsp3) is 0.909. The zero-order valence-electron chi connectivity index (χ0n) is 38.4. The molecule has 0 saturated carbocycles. The minimum absolute atomic E-state index is 0.00129. The first-order valence-electron chi connectivity index (χ1n) is 21.3. The maximum atomic E-state index is 14.7. The number of rotatable bonds is 9. The minimum Gasteiger partial charge on any atom is -0.459 e. The van der Waals surface area contributed by atoms with Crippen molar-refractivity contribution in [2.24, 2.45) is 28.7 Å². The van der Waals surface area contributed by atoms with E-state index in [9.17, 15) is 9.90 Å². The number of ether oxygens (including phenoxy) is 10. The van der Waals surface area contributed by atoms with Crippen LogP contribution in [0.25, 0.3) is 0 Å². The summed E-state index contributed by atoms with van der Waals surface area (Å²) in [6.45, 7) is 24.1. The van der Waals surface area contributed by atoms with Gasteiger partial charge < -0.3 is 57.4 Å². The summed E-state index contributed by atoms with van der Waals surface area (Å²) in [4.78, 5) is 21.6. The summed E-state index contributed by atoms with van der Waals surface area (Å²) in [5.74, 6) is -2.51. The molecule has 2 bridgehead atoms. The average molecular weight is 827 g/mol. The molecule has 4 aliphatic rings. The van der Waals surface area contributed by atoms with Gasteiger partial charge in [-0.2, -0.15) is 0 Å². The van der Waals surface area contributed by atoms with Crippen LogP contribution < -0.4 is 0 Å². The molecule has 0 spiro atoms. The third kappa shape index (κ3) is 10.4. The number of nitrogens with zero attached hydrogens (tertiary/aromatic N) is 2. The van der Waals surface area contributed by atoms with Gasteiger partial charge >= 0.3 is 5.97 Å². The normalized spacial score (nSPS) is 47.3. The van der Waals surface area contributed by atoms with Crippen LogP contribution in [0.5, 0.6) is 0 Å². The van der Waals surface area contributed by atoms with E-state index in [0.29, 0.717) is 24.8 Å². The minimum atomic E-state index is -1.61. The van der Waals surface area contributed by atoms with Crippen LogP contribution in [-0.2, 0) is 52.2 Å². The molecule has 0 unspecified atom stereocenters. The highest BCUT2D eigenvalue weighted by Crippen LogP contribution is 2.43. The maximum absolute atomic E-state index is 14.7. The van der Waals surface area contributed by atoms with Gasteiger partial charge in [-0.1, -0.05) is 34.3 Å². The Labute approximate surface area is 348 Å². The number of aliphatic imine (C=N–C) groups is 1. The second kappa shape index (κ2) is 20.1. The van der Waals surface area contributed by atoms with E-state index in [-0.39, 0.29) is 43.3 Å². The Hall–Kier alpha value is -1.56. The number of carbonyl (C=O) groups is 1. The van der Waals surface area contributed by atoms with E-state index in [1.165, 1.54) is 0 Å². The number of fused-ring (bicyclic) bond motifs is 5. The summed E-state index contributed by atoms with van der Waals surface area (Å²) in [6.07, 6.45) is -4.43. The van der Waals surface area contributed by atoms with Gasteiger partial charge in [0.1, 0.15) is 23.9 Å². The second-order valence-corrected chi connectivity index (χ2v) is 18.4. The molecule has 1 N–H and O–H groups in total. The first-order chi connectivity index (χ1) is 27.1. The Morgan fingerprint density at radius 2 is 1.59 bits per heavy atom. The highest BCUT2D eigenvalue weighted by atomic mass is 16.7. The molecule has 14 nitrogen and oxygen atoms in total. The predicted octanol–water partition coefficient (Wildman–Crippen LogP) is 5.21. The molecule has 0 aromatic rings. The van der Waals surface area contributed by atoms with Crippen molar-refractivity contribution in [2.75, 3.05) is 55.7 Å². The quantitative estimate of drug-likeness (QED) is 0.240. The summed E-state index contributed by atoms with van der Waals surface area (Å²) < 4.78 is 65.6. The summed E-state index contributed by atoms with van der Waals surface area (Å²) >= 11 is 0. The molecule has 0 aliphatic carbocycles. The van der Waals surface area contributed by atoms with Crippen molar-refractivity contribution >= 4 is 11.7 Å². The molecule has 14 heteroatoms. The van der Waals surface area contributed by atoms with Crippen molar-refractivity contribution in [1.29, 1.82) is 0 Å². The van der Waals surface area contributed by atoms with Crippen molar-refractivity contribution in [2.45, 2.75) is 179 Å². The van der Waals surface area contributed by atoms with Gasteiger partial charge in [0.15, 0.2) is 12.6 Å². The predicted molar refractivity (Wildman–Crippen MR) is 221 cm³/mol. The number of likely N-dealkylation sites (N-methyl/N-ethyl adjacent to an activating group) is 1. The second-order valence-electron chi connectivity index (χ2n) is 18.4. The molecule has 4 heterocycles. The van der Waals surface area contributed by atoms with Crippen LogP contribution in [0, 0.1) is 23.7 Å². The van der Waals surface area contributed by atoms with Crippen molar-refractivity contribution in [3.8, 4) is 0 Å². The van der Waals surface area contributed by atoms with Crippen molar-refractivity contribution < 1.29 is 57.3 Å². The first kappa shape index (κ1) is 49.1. The first-order valence-corrected chi connectivity index (χ1v) is 21.3. The van der Waals surface area contributed by atoms with Gasteiger partial charge in [0.25, 0.3) is 0 Å². The standard InChI is InChI=1S/C44H78N2O12/c1-18-32-44(11,48)38-27(5)34(45-12)25(3)20-43(10,53-23-24(2)22-52-38)37(58-41-36(49-15)31(46(13)14)19-26(4)54-41)28(6)35(29(7)40(47)56-32)57-33-21-42(9,51-17)39(50-16)30(8)55-33/h25-33,35-39,41,48H,2,18-23H2,1,3-17H3/b45-34+/t25-,26-,27+,28+,29-,30+,31+,32-,33+,35+,36-,37-,38-,39+,41+,42-,43-,44-/m1/s1. The lowest BCUT2D eigenvalue weighted by atomic mass is 9.73. The number of carbonyl (C=O) groups excluding carboxylic acids is 1. The van der Waals surface area contributed by atoms with Gasteiger partial charge in [-0.25, -0.2) is 0 Å². The van der Waals surface area contributed by atoms with E-state index in [0.717, 1.165) is 12.1 Å². The van der Waals surface area contributed by atoms with Crippen LogP contribution in [0.15, 0.2) is 17.1 Å². The Morgan fingerprint density at radius 3 is 2.16 bits per heavy atom. The van der Waals surface area contributed by atoms with Gasteiger partial charge in [0.2, 0.25) is 0 Å². The van der Waals surface area contributed by atoms with Gasteiger partial charge in [-0.3, -0.25) is 9.79 Å². The molecule has 0 aromatic carbocycles. The van der Waals surface area contributed by atoms with E-state index in [4.69, 9.17) is 52.4 Å². The van der Waals surface area contributed by atoms with E-state index in [2.05, 4.69) is 18.4 Å².